The lowest BCUT2D eigenvalue weighted by Crippen LogP contribution is -2.21. The molecule has 27 heavy (non-hydrogen) atoms. The number of rotatable bonds is 5. The van der Waals surface area contributed by atoms with Gasteiger partial charge in [0.25, 0.3) is 5.91 Å². The molecule has 6 nitrogen and oxygen atoms in total. The van der Waals surface area contributed by atoms with E-state index in [4.69, 9.17) is 20.8 Å². The minimum Gasteiger partial charge on any atom is -0.450 e. The molecule has 0 spiro atoms. The highest BCUT2D eigenvalue weighted by molar-refractivity contribution is 6.31. The fourth-order valence-corrected chi connectivity index (χ4v) is 2.80. The number of benzene rings is 2. The van der Waals surface area contributed by atoms with Crippen LogP contribution >= 0.6 is 11.6 Å². The van der Waals surface area contributed by atoms with Crippen molar-refractivity contribution < 1.29 is 18.7 Å². The number of hydrogen-bond donors (Lipinski definition) is 1. The molecule has 0 aliphatic rings. The molecule has 0 aliphatic heterocycles. The van der Waals surface area contributed by atoms with Crippen LogP contribution in [-0.2, 0) is 9.53 Å². The van der Waals surface area contributed by atoms with Gasteiger partial charge in [0, 0.05) is 41.4 Å². The summed E-state index contributed by atoms with van der Waals surface area (Å²) >= 11 is 5.97. The number of nitrogens with one attached hydrogen (secondary N) is 1. The lowest BCUT2D eigenvalue weighted by Gasteiger charge is -2.13. The third kappa shape index (κ3) is 4.23. The average molecular weight is 387 g/mol. The molecular weight excluding hydrogens is 368 g/mol. The number of esters is 1. The summed E-state index contributed by atoms with van der Waals surface area (Å²) < 4.78 is 10.6. The van der Waals surface area contributed by atoms with Crippen LogP contribution in [0.25, 0.3) is 11.0 Å². The Balaban J connectivity index is 1.62. The van der Waals surface area contributed by atoms with E-state index in [0.29, 0.717) is 21.9 Å². The number of carbonyl (C=O) groups is 2. The highest BCUT2D eigenvalue weighted by Gasteiger charge is 2.20. The van der Waals surface area contributed by atoms with E-state index in [1.165, 1.54) is 0 Å². The van der Waals surface area contributed by atoms with Crippen molar-refractivity contribution >= 4 is 45.8 Å². The molecule has 2 aromatic carbocycles. The number of anilines is 2. The molecule has 1 aromatic heterocycles. The Morgan fingerprint density at radius 3 is 2.52 bits per heavy atom. The summed E-state index contributed by atoms with van der Waals surface area (Å²) in [7, 11) is 3.86. The monoisotopic (exact) mass is 386 g/mol. The van der Waals surface area contributed by atoms with Crippen molar-refractivity contribution in [1.29, 1.82) is 0 Å². The SMILES string of the molecule is Cc1c(C(=O)OCC(=O)Nc2ccc(N(C)C)cc2)oc2ccc(Cl)cc12. The highest BCUT2D eigenvalue weighted by Crippen LogP contribution is 2.28. The molecule has 0 unspecified atom stereocenters. The quantitative estimate of drug-likeness (QED) is 0.663. The van der Waals surface area contributed by atoms with Gasteiger partial charge in [0.2, 0.25) is 5.76 Å². The second-order valence-electron chi connectivity index (χ2n) is 6.26. The minimum atomic E-state index is -0.696. The van der Waals surface area contributed by atoms with E-state index in [-0.39, 0.29) is 5.76 Å². The lowest BCUT2D eigenvalue weighted by atomic mass is 10.1. The van der Waals surface area contributed by atoms with Crippen molar-refractivity contribution in [2.75, 3.05) is 30.9 Å². The Morgan fingerprint density at radius 2 is 1.85 bits per heavy atom. The zero-order chi connectivity index (χ0) is 19.6. The van der Waals surface area contributed by atoms with Gasteiger partial charge in [-0.15, -0.1) is 0 Å². The van der Waals surface area contributed by atoms with Crippen LogP contribution in [0, 0.1) is 6.92 Å². The van der Waals surface area contributed by atoms with Crippen molar-refractivity contribution in [2.24, 2.45) is 0 Å². The van der Waals surface area contributed by atoms with Crippen LogP contribution in [0.3, 0.4) is 0 Å². The average Bonchev–Trinajstić information content (AvgIpc) is 2.96. The minimum absolute atomic E-state index is 0.0652. The Hall–Kier alpha value is -2.99. The smallest absolute Gasteiger partial charge is 0.375 e. The molecule has 0 saturated carbocycles. The fraction of sp³-hybridized carbons (Fsp3) is 0.200. The van der Waals surface area contributed by atoms with E-state index in [2.05, 4.69) is 5.32 Å². The van der Waals surface area contributed by atoms with E-state index in [9.17, 15) is 9.59 Å². The summed E-state index contributed by atoms with van der Waals surface area (Å²) in [5.74, 6) is -1.06. The van der Waals surface area contributed by atoms with Crippen molar-refractivity contribution in [1.82, 2.24) is 0 Å². The second kappa shape index (κ2) is 7.72. The van der Waals surface area contributed by atoms with Crippen LogP contribution in [0.4, 0.5) is 11.4 Å². The summed E-state index contributed by atoms with van der Waals surface area (Å²) in [6, 6.07) is 12.4. The predicted molar refractivity (Wildman–Crippen MR) is 106 cm³/mol. The van der Waals surface area contributed by atoms with Crippen LogP contribution in [0.15, 0.2) is 46.9 Å². The van der Waals surface area contributed by atoms with Gasteiger partial charge in [-0.25, -0.2) is 4.79 Å². The molecule has 3 aromatic rings. The summed E-state index contributed by atoms with van der Waals surface area (Å²) in [6.45, 7) is 1.33. The van der Waals surface area contributed by atoms with Crippen LogP contribution in [0.2, 0.25) is 5.02 Å². The molecule has 1 heterocycles. The van der Waals surface area contributed by atoms with Crippen LogP contribution < -0.4 is 10.2 Å². The number of hydrogen-bond acceptors (Lipinski definition) is 5. The molecule has 0 bridgehead atoms. The number of aryl methyl sites for hydroxylation is 1. The molecular formula is C20H19ClN2O4. The molecule has 0 radical (unpaired) electrons. The number of fused-ring (bicyclic) bond motifs is 1. The predicted octanol–water partition coefficient (Wildman–Crippen LogP) is 4.26. The van der Waals surface area contributed by atoms with Gasteiger partial charge in [0.05, 0.1) is 0 Å². The zero-order valence-electron chi connectivity index (χ0n) is 15.2. The van der Waals surface area contributed by atoms with Crippen LogP contribution in [0.5, 0.6) is 0 Å². The number of furan rings is 1. The summed E-state index contributed by atoms with van der Waals surface area (Å²) in [5.41, 5.74) is 2.79. The molecule has 140 valence electrons. The first-order valence-electron chi connectivity index (χ1n) is 8.28. The number of amides is 1. The van der Waals surface area contributed by atoms with Crippen molar-refractivity contribution in [2.45, 2.75) is 6.92 Å². The second-order valence-corrected chi connectivity index (χ2v) is 6.70. The van der Waals surface area contributed by atoms with Gasteiger partial charge in [-0.05, 0) is 49.4 Å². The number of carbonyl (C=O) groups excluding carboxylic acids is 2. The zero-order valence-corrected chi connectivity index (χ0v) is 16.0. The Bertz CT molecular complexity index is 993. The van der Waals surface area contributed by atoms with Gasteiger partial charge in [-0.1, -0.05) is 11.6 Å². The maximum atomic E-state index is 12.3. The summed E-state index contributed by atoms with van der Waals surface area (Å²) in [6.07, 6.45) is 0. The third-order valence-corrected chi connectivity index (χ3v) is 4.32. The van der Waals surface area contributed by atoms with E-state index in [1.54, 1.807) is 37.3 Å². The molecule has 0 fully saturated rings. The molecule has 1 amide bonds. The first-order chi connectivity index (χ1) is 12.8. The third-order valence-electron chi connectivity index (χ3n) is 4.09. The van der Waals surface area contributed by atoms with Gasteiger partial charge in [0.15, 0.2) is 6.61 Å². The first kappa shape index (κ1) is 18.8. The van der Waals surface area contributed by atoms with Crippen molar-refractivity contribution in [3.8, 4) is 0 Å². The highest BCUT2D eigenvalue weighted by atomic mass is 35.5. The molecule has 0 aliphatic carbocycles. The van der Waals surface area contributed by atoms with Gasteiger partial charge in [-0.3, -0.25) is 4.79 Å². The molecule has 1 N–H and O–H groups in total. The van der Waals surface area contributed by atoms with Gasteiger partial charge >= 0.3 is 5.97 Å². The van der Waals surface area contributed by atoms with Crippen molar-refractivity contribution in [3.63, 3.8) is 0 Å². The molecule has 0 atom stereocenters. The largest absolute Gasteiger partial charge is 0.450 e. The topological polar surface area (TPSA) is 71.8 Å². The summed E-state index contributed by atoms with van der Waals surface area (Å²) in [5, 5.41) is 3.96. The fourth-order valence-electron chi connectivity index (χ4n) is 2.62. The van der Waals surface area contributed by atoms with Gasteiger partial charge in [0.1, 0.15) is 5.58 Å². The van der Waals surface area contributed by atoms with Crippen molar-refractivity contribution in [3.05, 3.63) is 58.8 Å². The van der Waals surface area contributed by atoms with E-state index in [1.807, 2.05) is 31.1 Å². The Labute approximate surface area is 161 Å². The molecule has 7 heteroatoms. The number of ether oxygens (including phenoxy) is 1. The normalized spacial score (nSPS) is 10.7. The van der Waals surface area contributed by atoms with Gasteiger partial charge in [-0.2, -0.15) is 0 Å². The Kier molecular flexibility index (Phi) is 5.37. The van der Waals surface area contributed by atoms with E-state index >= 15 is 0 Å². The van der Waals surface area contributed by atoms with E-state index < -0.39 is 18.5 Å². The number of nitrogens with zero attached hydrogens (tertiary/aromatic N) is 1. The molecule has 0 saturated heterocycles. The van der Waals surface area contributed by atoms with Gasteiger partial charge < -0.3 is 19.4 Å². The number of halogens is 1. The molecule has 3 rings (SSSR count). The maximum absolute atomic E-state index is 12.3. The first-order valence-corrected chi connectivity index (χ1v) is 8.66. The van der Waals surface area contributed by atoms with Crippen LogP contribution in [0.1, 0.15) is 16.1 Å². The van der Waals surface area contributed by atoms with E-state index in [0.717, 1.165) is 11.1 Å². The maximum Gasteiger partial charge on any atom is 0.375 e. The Morgan fingerprint density at radius 1 is 1.15 bits per heavy atom. The standard InChI is InChI=1S/C20H19ClN2O4/c1-12-16-10-13(21)4-9-17(16)27-19(12)20(25)26-11-18(24)22-14-5-7-15(8-6-14)23(2)3/h4-10H,11H2,1-3H3,(H,22,24). The van der Waals surface area contributed by atoms with Crippen LogP contribution in [-0.4, -0.2) is 32.6 Å². The lowest BCUT2D eigenvalue weighted by molar-refractivity contribution is -0.119. The summed E-state index contributed by atoms with van der Waals surface area (Å²) in [4.78, 5) is 26.2.